The van der Waals surface area contributed by atoms with Crippen molar-refractivity contribution in [2.24, 2.45) is 5.10 Å². The Bertz CT molecular complexity index is 1220. The first kappa shape index (κ1) is 25.6. The normalized spacial score (nSPS) is 18.3. The Labute approximate surface area is 214 Å². The van der Waals surface area contributed by atoms with E-state index in [4.69, 9.17) is 9.47 Å². The van der Waals surface area contributed by atoms with Crippen molar-refractivity contribution in [3.05, 3.63) is 53.6 Å². The van der Waals surface area contributed by atoms with Crippen LogP contribution in [0.4, 0.5) is 5.69 Å². The molecule has 0 aliphatic carbocycles. The highest BCUT2D eigenvalue weighted by Crippen LogP contribution is 2.54. The van der Waals surface area contributed by atoms with Crippen molar-refractivity contribution in [1.82, 2.24) is 10.3 Å². The lowest BCUT2D eigenvalue weighted by molar-refractivity contribution is -0.139. The Balaban J connectivity index is 1.64. The number of ether oxygens (including phenoxy) is 2. The van der Waals surface area contributed by atoms with Gasteiger partial charge in [0.05, 0.1) is 25.9 Å². The predicted octanol–water partition coefficient (Wildman–Crippen LogP) is 3.97. The molecule has 0 aromatic heterocycles. The van der Waals surface area contributed by atoms with Crippen LogP contribution in [0.25, 0.3) is 0 Å². The fraction of sp³-hybridized carbons (Fsp3) is 0.385. The summed E-state index contributed by atoms with van der Waals surface area (Å²) >= 11 is 1.06. The number of para-hydroxylation sites is 1. The smallest absolute Gasteiger partial charge is 0.271 e. The van der Waals surface area contributed by atoms with E-state index < -0.39 is 10.8 Å². The summed E-state index contributed by atoms with van der Waals surface area (Å²) in [7, 11) is 1.59. The summed E-state index contributed by atoms with van der Waals surface area (Å²) in [4.78, 5) is 38.5. The molecule has 36 heavy (non-hydrogen) atoms. The highest BCUT2D eigenvalue weighted by Gasteiger charge is 2.61. The van der Waals surface area contributed by atoms with Crippen LogP contribution >= 0.6 is 11.8 Å². The number of amides is 3. The number of fused-ring (bicyclic) bond motifs is 2. The van der Waals surface area contributed by atoms with Crippen LogP contribution in [0, 0.1) is 0 Å². The molecular weight excluding hydrogens is 480 g/mol. The predicted molar refractivity (Wildman–Crippen MR) is 139 cm³/mol. The number of carbonyl (C=O) groups is 3. The van der Waals surface area contributed by atoms with Crippen molar-refractivity contribution in [2.45, 2.75) is 51.4 Å². The van der Waals surface area contributed by atoms with Crippen molar-refractivity contribution in [3.8, 4) is 11.5 Å². The van der Waals surface area contributed by atoms with Gasteiger partial charge in [-0.1, -0.05) is 44.0 Å². The Morgan fingerprint density at radius 2 is 1.89 bits per heavy atom. The molecule has 10 heteroatoms. The Morgan fingerprint density at radius 3 is 2.58 bits per heavy atom. The molecular formula is C26H30N4O5S. The number of nitrogens with one attached hydrogen (secondary N) is 1. The number of hydrogen-bond donors (Lipinski definition) is 1. The minimum atomic E-state index is -1.42. The van der Waals surface area contributed by atoms with Gasteiger partial charge in [-0.2, -0.15) is 5.01 Å². The van der Waals surface area contributed by atoms with Crippen molar-refractivity contribution in [2.75, 3.05) is 18.6 Å². The van der Waals surface area contributed by atoms with Crippen molar-refractivity contribution >= 4 is 40.3 Å². The van der Waals surface area contributed by atoms with Crippen LogP contribution in [-0.2, 0) is 25.8 Å². The number of rotatable bonds is 8. The third kappa shape index (κ3) is 4.65. The fourth-order valence-electron chi connectivity index (χ4n) is 4.37. The van der Waals surface area contributed by atoms with E-state index in [9.17, 15) is 14.4 Å². The minimum Gasteiger partial charge on any atom is -0.493 e. The summed E-state index contributed by atoms with van der Waals surface area (Å²) < 4.78 is 11.4. The maximum atomic E-state index is 14.0. The van der Waals surface area contributed by atoms with Crippen LogP contribution in [0.1, 0.15) is 51.2 Å². The Kier molecular flexibility index (Phi) is 7.53. The molecule has 0 bridgehead atoms. The molecule has 0 saturated heterocycles. The Hall–Kier alpha value is -3.53. The second-order valence-corrected chi connectivity index (χ2v) is 9.79. The van der Waals surface area contributed by atoms with E-state index >= 15 is 0 Å². The summed E-state index contributed by atoms with van der Waals surface area (Å²) in [5.74, 6) is 0.201. The number of hydrogen-bond acceptors (Lipinski definition) is 7. The topological polar surface area (TPSA) is 101 Å². The van der Waals surface area contributed by atoms with E-state index in [-0.39, 0.29) is 23.5 Å². The zero-order valence-electron chi connectivity index (χ0n) is 20.9. The number of thioether (sulfide) groups is 1. The van der Waals surface area contributed by atoms with Gasteiger partial charge in [-0.25, -0.2) is 0 Å². The van der Waals surface area contributed by atoms with E-state index in [1.807, 2.05) is 42.5 Å². The summed E-state index contributed by atoms with van der Waals surface area (Å²) in [5.41, 5.74) is 2.16. The molecule has 9 nitrogen and oxygen atoms in total. The molecule has 2 aromatic carbocycles. The van der Waals surface area contributed by atoms with Crippen LogP contribution < -0.4 is 19.7 Å². The highest BCUT2D eigenvalue weighted by atomic mass is 32.2. The number of benzene rings is 2. The number of unbranched alkanes of at least 4 members (excludes halogenated alkanes) is 2. The molecule has 0 fully saturated rings. The van der Waals surface area contributed by atoms with E-state index in [1.54, 1.807) is 12.0 Å². The standard InChI is InChI=1S/C26H30N4O5S/c1-5-6-9-14-35-22-13-12-19(15-23(22)34-4)16-29-21-11-8-7-10-20(21)26(24(29)33)30(18(3)32)28-25(36-26)27-17(2)31/h7-8,10-13,15H,5-6,9,14,16H2,1-4H3,(H,27,28,31)/t26-/m0/s1. The number of methoxy groups -OCH3 is 1. The average Bonchev–Trinajstić information content (AvgIpc) is 3.34. The van der Waals surface area contributed by atoms with E-state index in [1.165, 1.54) is 13.8 Å². The Morgan fingerprint density at radius 1 is 1.11 bits per heavy atom. The molecule has 2 aliphatic rings. The summed E-state index contributed by atoms with van der Waals surface area (Å²) in [6.45, 7) is 5.72. The molecule has 0 radical (unpaired) electrons. The van der Waals surface area contributed by atoms with Crippen LogP contribution in [0.5, 0.6) is 11.5 Å². The van der Waals surface area contributed by atoms with Crippen LogP contribution in [0.3, 0.4) is 0 Å². The third-order valence-electron chi connectivity index (χ3n) is 5.98. The zero-order chi connectivity index (χ0) is 25.9. The molecule has 1 atom stereocenters. The first-order chi connectivity index (χ1) is 17.3. The summed E-state index contributed by atoms with van der Waals surface area (Å²) in [6, 6.07) is 12.9. The first-order valence-corrected chi connectivity index (χ1v) is 12.7. The SMILES string of the molecule is CCCCCOc1ccc(CN2C(=O)[C@@]3(SC(NC(C)=O)=NN3C(C)=O)c3ccccc32)cc1OC. The number of hydrazone groups is 1. The van der Waals surface area contributed by atoms with Gasteiger partial charge in [0.1, 0.15) is 0 Å². The largest absolute Gasteiger partial charge is 0.493 e. The molecule has 3 amide bonds. The van der Waals surface area contributed by atoms with Gasteiger partial charge in [0, 0.05) is 19.4 Å². The second-order valence-electron chi connectivity index (χ2n) is 8.61. The second kappa shape index (κ2) is 10.6. The molecule has 0 unspecified atom stereocenters. The molecule has 2 heterocycles. The van der Waals surface area contributed by atoms with Crippen molar-refractivity contribution < 1.29 is 23.9 Å². The van der Waals surface area contributed by atoms with Gasteiger partial charge in [-0.3, -0.25) is 14.4 Å². The van der Waals surface area contributed by atoms with Crippen molar-refractivity contribution in [3.63, 3.8) is 0 Å². The third-order valence-corrected chi connectivity index (χ3v) is 7.22. The quantitative estimate of drug-likeness (QED) is 0.540. The summed E-state index contributed by atoms with van der Waals surface area (Å²) in [5, 5.41) is 8.27. The average molecular weight is 511 g/mol. The van der Waals surface area contributed by atoms with E-state index in [0.717, 1.165) is 41.6 Å². The number of amidine groups is 1. The van der Waals surface area contributed by atoms with Crippen LogP contribution in [-0.4, -0.2) is 41.6 Å². The van der Waals surface area contributed by atoms with Crippen LogP contribution in [0.2, 0.25) is 0 Å². The van der Waals surface area contributed by atoms with E-state index in [0.29, 0.717) is 29.4 Å². The monoisotopic (exact) mass is 510 g/mol. The fourth-order valence-corrected chi connectivity index (χ4v) is 5.70. The molecule has 0 saturated carbocycles. The molecule has 2 aromatic rings. The number of anilines is 1. The van der Waals surface area contributed by atoms with Gasteiger partial charge in [0.25, 0.3) is 5.91 Å². The lowest BCUT2D eigenvalue weighted by Crippen LogP contribution is -2.48. The van der Waals surface area contributed by atoms with Gasteiger partial charge in [-0.05, 0) is 41.9 Å². The van der Waals surface area contributed by atoms with Crippen molar-refractivity contribution in [1.29, 1.82) is 0 Å². The molecule has 4 rings (SSSR count). The molecule has 1 spiro atoms. The number of carbonyl (C=O) groups excluding carboxylic acids is 3. The van der Waals surface area contributed by atoms with Crippen LogP contribution in [0.15, 0.2) is 47.6 Å². The maximum Gasteiger partial charge on any atom is 0.271 e. The minimum absolute atomic E-state index is 0.203. The van der Waals surface area contributed by atoms with Gasteiger partial charge in [-0.15, -0.1) is 5.10 Å². The molecule has 1 N–H and O–H groups in total. The molecule has 2 aliphatic heterocycles. The lowest BCUT2D eigenvalue weighted by Gasteiger charge is -2.29. The highest BCUT2D eigenvalue weighted by molar-refractivity contribution is 8.15. The van der Waals surface area contributed by atoms with E-state index in [2.05, 4.69) is 17.3 Å². The van der Waals surface area contributed by atoms with Gasteiger partial charge >= 0.3 is 0 Å². The van der Waals surface area contributed by atoms with Gasteiger partial charge < -0.3 is 19.7 Å². The summed E-state index contributed by atoms with van der Waals surface area (Å²) in [6.07, 6.45) is 3.18. The molecule has 190 valence electrons. The zero-order valence-corrected chi connectivity index (χ0v) is 21.7. The van der Waals surface area contributed by atoms with Gasteiger partial charge in [0.2, 0.25) is 16.7 Å². The lowest BCUT2D eigenvalue weighted by atomic mass is 10.1. The maximum absolute atomic E-state index is 14.0. The van der Waals surface area contributed by atoms with Gasteiger partial charge in [0.15, 0.2) is 16.7 Å². The number of nitrogens with zero attached hydrogens (tertiary/aromatic N) is 3. The first-order valence-electron chi connectivity index (χ1n) is 11.9.